The first-order valence-electron chi connectivity index (χ1n) is 9.83. The number of para-hydroxylation sites is 1. The number of H-pyrrole nitrogens is 1. The molecule has 0 spiro atoms. The first-order chi connectivity index (χ1) is 15.0. The molecule has 0 unspecified atom stereocenters. The number of rotatable bonds is 7. The zero-order valence-corrected chi connectivity index (χ0v) is 17.7. The molecule has 4 rings (SSSR count). The van der Waals surface area contributed by atoms with Crippen molar-refractivity contribution in [1.82, 2.24) is 20.1 Å². The van der Waals surface area contributed by atoms with Crippen molar-refractivity contribution in [1.29, 1.82) is 0 Å². The van der Waals surface area contributed by atoms with Gasteiger partial charge in [0.2, 0.25) is 5.91 Å². The maximum Gasteiger partial charge on any atom is 0.291 e. The quantitative estimate of drug-likeness (QED) is 0.383. The minimum absolute atomic E-state index is 0.129. The van der Waals surface area contributed by atoms with Crippen molar-refractivity contribution < 1.29 is 14.0 Å². The summed E-state index contributed by atoms with van der Waals surface area (Å²) < 4.78 is 7.94. The number of nitrogens with one attached hydrogen (secondary N) is 3. The second-order valence-corrected chi connectivity index (χ2v) is 7.33. The van der Waals surface area contributed by atoms with E-state index in [0.717, 1.165) is 10.9 Å². The summed E-state index contributed by atoms with van der Waals surface area (Å²) in [4.78, 5) is 24.7. The summed E-state index contributed by atoms with van der Waals surface area (Å²) in [6.45, 7) is 2.94. The predicted octanol–water partition coefficient (Wildman–Crippen LogP) is 3.82. The first kappa shape index (κ1) is 20.5. The van der Waals surface area contributed by atoms with Gasteiger partial charge in [-0.3, -0.25) is 14.7 Å². The lowest BCUT2D eigenvalue weighted by Gasteiger charge is -2.07. The molecule has 0 bridgehead atoms. The lowest BCUT2D eigenvalue weighted by molar-refractivity contribution is -0.120. The molecule has 0 atom stereocenters. The monoisotopic (exact) mass is 435 g/mol. The van der Waals surface area contributed by atoms with Crippen LogP contribution in [0.4, 0.5) is 5.69 Å². The second-order valence-electron chi connectivity index (χ2n) is 6.94. The number of furan rings is 1. The summed E-state index contributed by atoms with van der Waals surface area (Å²) in [5.41, 5.74) is 2.11. The highest BCUT2D eigenvalue weighted by atomic mass is 32.1. The molecule has 158 valence electrons. The number of hydrogen-bond acceptors (Lipinski definition) is 5. The number of anilines is 1. The third-order valence-corrected chi connectivity index (χ3v) is 5.13. The van der Waals surface area contributed by atoms with Gasteiger partial charge in [-0.05, 0) is 49.0 Å². The van der Waals surface area contributed by atoms with Crippen LogP contribution in [0.1, 0.15) is 28.9 Å². The molecular weight excluding hydrogens is 414 g/mol. The smallest absolute Gasteiger partial charge is 0.291 e. The molecule has 2 heterocycles. The normalized spacial score (nSPS) is 10.9. The number of aromatic amines is 1. The third-order valence-electron chi connectivity index (χ3n) is 4.82. The summed E-state index contributed by atoms with van der Waals surface area (Å²) in [7, 11) is 0. The van der Waals surface area contributed by atoms with Gasteiger partial charge in [-0.1, -0.05) is 30.3 Å². The number of nitrogens with zero attached hydrogens (tertiary/aromatic N) is 2. The fourth-order valence-electron chi connectivity index (χ4n) is 3.23. The number of aromatic nitrogens is 3. The zero-order valence-electron chi connectivity index (χ0n) is 16.8. The molecule has 2 aromatic heterocycles. The molecule has 4 aromatic rings. The van der Waals surface area contributed by atoms with Crippen molar-refractivity contribution in [2.45, 2.75) is 26.4 Å². The lowest BCUT2D eigenvalue weighted by Crippen LogP contribution is -2.26. The van der Waals surface area contributed by atoms with Gasteiger partial charge in [0.15, 0.2) is 16.4 Å². The van der Waals surface area contributed by atoms with Gasteiger partial charge in [0.05, 0.1) is 13.0 Å². The lowest BCUT2D eigenvalue weighted by atomic mass is 10.1. The molecule has 0 aliphatic heterocycles. The van der Waals surface area contributed by atoms with Gasteiger partial charge >= 0.3 is 0 Å². The molecule has 0 fully saturated rings. The van der Waals surface area contributed by atoms with Gasteiger partial charge in [0.25, 0.3) is 5.91 Å². The van der Waals surface area contributed by atoms with Crippen LogP contribution in [0.5, 0.6) is 0 Å². The number of amides is 2. The van der Waals surface area contributed by atoms with Gasteiger partial charge in [-0.2, -0.15) is 5.10 Å². The van der Waals surface area contributed by atoms with Crippen molar-refractivity contribution in [2.24, 2.45) is 0 Å². The molecule has 31 heavy (non-hydrogen) atoms. The van der Waals surface area contributed by atoms with E-state index in [1.165, 1.54) is 0 Å². The van der Waals surface area contributed by atoms with Crippen molar-refractivity contribution in [3.63, 3.8) is 0 Å². The Balaban J connectivity index is 1.32. The summed E-state index contributed by atoms with van der Waals surface area (Å²) in [5, 5.41) is 13.4. The fraction of sp³-hybridized carbons (Fsp3) is 0.182. The van der Waals surface area contributed by atoms with E-state index in [-0.39, 0.29) is 24.0 Å². The van der Waals surface area contributed by atoms with Crippen LogP contribution >= 0.6 is 12.2 Å². The standard InChI is InChI=1S/C22H21N5O3S/c1-2-27-19(25-26-22(27)31)13-23-20(28)11-14-7-9-16(10-8-14)24-21(29)18-12-15-5-3-4-6-17(15)30-18/h3-10,12H,2,11,13H2,1H3,(H,23,28)(H,24,29)(H,26,31). The molecule has 0 saturated heterocycles. The minimum Gasteiger partial charge on any atom is -0.451 e. The Labute approximate surface area is 183 Å². The van der Waals surface area contributed by atoms with Crippen molar-refractivity contribution in [3.8, 4) is 0 Å². The van der Waals surface area contributed by atoms with E-state index in [1.54, 1.807) is 30.3 Å². The Morgan fingerprint density at radius 3 is 2.68 bits per heavy atom. The van der Waals surface area contributed by atoms with E-state index >= 15 is 0 Å². The SMILES string of the molecule is CCn1c(CNC(=O)Cc2ccc(NC(=O)c3cc4ccccc4o3)cc2)n[nH]c1=S. The van der Waals surface area contributed by atoms with Crippen LogP contribution in [0.2, 0.25) is 0 Å². The van der Waals surface area contributed by atoms with E-state index in [1.807, 2.05) is 35.8 Å². The molecule has 8 nitrogen and oxygen atoms in total. The van der Waals surface area contributed by atoms with Crippen LogP contribution in [0.3, 0.4) is 0 Å². The van der Waals surface area contributed by atoms with Crippen molar-refractivity contribution in [2.75, 3.05) is 5.32 Å². The van der Waals surface area contributed by atoms with Gasteiger partial charge in [-0.25, -0.2) is 0 Å². The highest BCUT2D eigenvalue weighted by Crippen LogP contribution is 2.20. The molecule has 2 amide bonds. The Morgan fingerprint density at radius 1 is 1.16 bits per heavy atom. The van der Waals surface area contributed by atoms with E-state index in [9.17, 15) is 9.59 Å². The molecule has 0 aliphatic rings. The van der Waals surface area contributed by atoms with E-state index in [2.05, 4.69) is 20.8 Å². The van der Waals surface area contributed by atoms with Crippen LogP contribution in [-0.4, -0.2) is 26.6 Å². The van der Waals surface area contributed by atoms with Gasteiger partial charge in [0.1, 0.15) is 5.58 Å². The Hall–Kier alpha value is -3.72. The number of fused-ring (bicyclic) bond motifs is 1. The summed E-state index contributed by atoms with van der Waals surface area (Å²) in [5.74, 6) is 0.473. The van der Waals surface area contributed by atoms with Crippen LogP contribution < -0.4 is 10.6 Å². The van der Waals surface area contributed by atoms with Crippen LogP contribution in [-0.2, 0) is 24.3 Å². The predicted molar refractivity (Wildman–Crippen MR) is 119 cm³/mol. The summed E-state index contributed by atoms with van der Waals surface area (Å²) >= 11 is 5.14. The number of benzene rings is 2. The largest absolute Gasteiger partial charge is 0.451 e. The highest BCUT2D eigenvalue weighted by Gasteiger charge is 2.13. The first-order valence-corrected chi connectivity index (χ1v) is 10.2. The molecule has 0 radical (unpaired) electrons. The van der Waals surface area contributed by atoms with Crippen LogP contribution in [0.25, 0.3) is 11.0 Å². The fourth-order valence-corrected chi connectivity index (χ4v) is 3.51. The number of hydrogen-bond donors (Lipinski definition) is 3. The third kappa shape index (κ3) is 4.72. The van der Waals surface area contributed by atoms with Crippen LogP contribution in [0.15, 0.2) is 59.0 Å². The second kappa shape index (κ2) is 8.97. The zero-order chi connectivity index (χ0) is 21.8. The Morgan fingerprint density at radius 2 is 1.94 bits per heavy atom. The van der Waals surface area contributed by atoms with Gasteiger partial charge < -0.3 is 19.6 Å². The molecule has 0 aliphatic carbocycles. The number of carbonyl (C=O) groups is 2. The minimum atomic E-state index is -0.328. The average molecular weight is 436 g/mol. The van der Waals surface area contributed by atoms with E-state index in [0.29, 0.717) is 35.0 Å². The molecule has 3 N–H and O–H groups in total. The van der Waals surface area contributed by atoms with E-state index in [4.69, 9.17) is 16.6 Å². The van der Waals surface area contributed by atoms with Crippen LogP contribution in [0, 0.1) is 4.77 Å². The maximum absolute atomic E-state index is 12.4. The average Bonchev–Trinajstić information content (AvgIpc) is 3.36. The maximum atomic E-state index is 12.4. The molecule has 0 saturated carbocycles. The summed E-state index contributed by atoms with van der Waals surface area (Å²) in [6, 6.07) is 16.3. The van der Waals surface area contributed by atoms with Crippen molar-refractivity contribution in [3.05, 3.63) is 76.5 Å². The highest BCUT2D eigenvalue weighted by molar-refractivity contribution is 7.71. The summed E-state index contributed by atoms with van der Waals surface area (Å²) in [6.07, 6.45) is 0.217. The number of carbonyl (C=O) groups excluding carboxylic acids is 2. The topological polar surface area (TPSA) is 105 Å². The van der Waals surface area contributed by atoms with Gasteiger partial charge in [0, 0.05) is 17.6 Å². The Bertz CT molecular complexity index is 1250. The van der Waals surface area contributed by atoms with Gasteiger partial charge in [-0.15, -0.1) is 0 Å². The van der Waals surface area contributed by atoms with Crippen molar-refractivity contribution >= 4 is 40.7 Å². The molecular formula is C22H21N5O3S. The van der Waals surface area contributed by atoms with E-state index < -0.39 is 0 Å². The molecule has 2 aromatic carbocycles. The molecule has 9 heteroatoms. The Kier molecular flexibility index (Phi) is 5.94.